The predicted molar refractivity (Wildman–Crippen MR) is 79.3 cm³/mol. The van der Waals surface area contributed by atoms with E-state index in [1.807, 2.05) is 60.7 Å². The molecule has 0 saturated carbocycles. The molecule has 1 amide bonds. The lowest BCUT2D eigenvalue weighted by atomic mass is 9.82. The molecule has 3 rings (SSSR count). The molecule has 2 N–H and O–H groups in total. The summed E-state index contributed by atoms with van der Waals surface area (Å²) in [5, 5.41) is 0. The maximum atomic E-state index is 12.4. The van der Waals surface area contributed by atoms with Gasteiger partial charge in [0.15, 0.2) is 0 Å². The van der Waals surface area contributed by atoms with Crippen molar-refractivity contribution in [3.05, 3.63) is 71.8 Å². The Morgan fingerprint density at radius 1 is 0.762 bits per heavy atom. The molecular formula is C17H16N2O2. The highest BCUT2D eigenvalue weighted by Crippen LogP contribution is 2.23. The third kappa shape index (κ3) is 2.71. The van der Waals surface area contributed by atoms with Gasteiger partial charge in [-0.25, -0.2) is 5.43 Å². The summed E-state index contributed by atoms with van der Waals surface area (Å²) < 4.78 is 0. The molecule has 0 spiro atoms. The summed E-state index contributed by atoms with van der Waals surface area (Å²) in [6.07, 6.45) is 0.945. The number of hydrogen-bond acceptors (Lipinski definition) is 3. The van der Waals surface area contributed by atoms with Gasteiger partial charge in [-0.1, -0.05) is 60.7 Å². The Kier molecular flexibility index (Phi) is 3.54. The van der Waals surface area contributed by atoms with Crippen LogP contribution in [-0.4, -0.2) is 17.2 Å². The minimum Gasteiger partial charge on any atom is -0.286 e. The molecule has 0 aliphatic carbocycles. The molecule has 4 heteroatoms. The van der Waals surface area contributed by atoms with Crippen molar-refractivity contribution in [3.63, 3.8) is 0 Å². The fourth-order valence-electron chi connectivity index (χ4n) is 2.71. The van der Waals surface area contributed by atoms with Crippen LogP contribution in [-0.2, 0) is 22.4 Å². The third-order valence-corrected chi connectivity index (χ3v) is 3.75. The number of Topliss-reactive ketones (excluding diaryl/α,β-unsaturated/α-hetero) is 1. The quantitative estimate of drug-likeness (QED) is 0.833. The second kappa shape index (κ2) is 5.50. The molecule has 1 aliphatic rings. The van der Waals surface area contributed by atoms with Crippen molar-refractivity contribution in [1.29, 1.82) is 0 Å². The Bertz CT molecular complexity index is 612. The zero-order valence-corrected chi connectivity index (χ0v) is 11.5. The van der Waals surface area contributed by atoms with E-state index in [0.29, 0.717) is 12.8 Å². The van der Waals surface area contributed by atoms with Crippen LogP contribution in [0.25, 0.3) is 0 Å². The Hall–Kier alpha value is -2.46. The summed E-state index contributed by atoms with van der Waals surface area (Å²) in [6.45, 7) is 0. The van der Waals surface area contributed by atoms with Crippen molar-refractivity contribution >= 4 is 11.7 Å². The molecule has 0 bridgehead atoms. The lowest BCUT2D eigenvalue weighted by Crippen LogP contribution is -2.51. The van der Waals surface area contributed by atoms with Gasteiger partial charge in [-0.3, -0.25) is 15.0 Å². The van der Waals surface area contributed by atoms with Gasteiger partial charge in [0.2, 0.25) is 5.78 Å². The number of hydrazine groups is 1. The molecule has 1 heterocycles. The largest absolute Gasteiger partial charge is 0.303 e. The SMILES string of the molecule is O=C1NNC(Cc2ccccc2)(Cc2ccccc2)C1=O. The normalized spacial score (nSPS) is 16.8. The number of nitrogens with one attached hydrogen (secondary N) is 2. The molecular weight excluding hydrogens is 264 g/mol. The number of carbonyl (C=O) groups is 2. The Labute approximate surface area is 123 Å². The molecule has 2 aromatic carbocycles. The zero-order chi connectivity index (χ0) is 14.7. The summed E-state index contributed by atoms with van der Waals surface area (Å²) in [5.74, 6) is -0.975. The molecule has 2 aromatic rings. The summed E-state index contributed by atoms with van der Waals surface area (Å²) >= 11 is 0. The van der Waals surface area contributed by atoms with E-state index in [0.717, 1.165) is 11.1 Å². The number of amides is 1. The third-order valence-electron chi connectivity index (χ3n) is 3.75. The summed E-state index contributed by atoms with van der Waals surface area (Å²) in [6, 6.07) is 19.4. The van der Waals surface area contributed by atoms with E-state index in [1.165, 1.54) is 0 Å². The summed E-state index contributed by atoms with van der Waals surface area (Å²) in [4.78, 5) is 24.0. The highest BCUT2D eigenvalue weighted by Gasteiger charge is 2.47. The highest BCUT2D eigenvalue weighted by molar-refractivity contribution is 6.41. The van der Waals surface area contributed by atoms with Crippen LogP contribution in [0.4, 0.5) is 0 Å². The molecule has 21 heavy (non-hydrogen) atoms. The number of rotatable bonds is 4. The number of benzene rings is 2. The lowest BCUT2D eigenvalue weighted by Gasteiger charge is -2.26. The van der Waals surface area contributed by atoms with Gasteiger partial charge >= 0.3 is 5.91 Å². The van der Waals surface area contributed by atoms with Crippen molar-refractivity contribution in [2.75, 3.05) is 0 Å². The molecule has 106 valence electrons. The number of carbonyl (C=O) groups excluding carboxylic acids is 2. The minimum atomic E-state index is -0.917. The molecule has 1 aliphatic heterocycles. The maximum Gasteiger partial charge on any atom is 0.303 e. The molecule has 1 fully saturated rings. The molecule has 0 atom stereocenters. The smallest absolute Gasteiger partial charge is 0.286 e. The predicted octanol–water partition coefficient (Wildman–Crippen LogP) is 1.41. The first kappa shape index (κ1) is 13.5. The summed E-state index contributed by atoms with van der Waals surface area (Å²) in [5.41, 5.74) is 6.50. The van der Waals surface area contributed by atoms with Gasteiger partial charge in [0.05, 0.1) is 0 Å². The van der Waals surface area contributed by atoms with Crippen LogP contribution in [0, 0.1) is 0 Å². The standard InChI is InChI=1S/C17H16N2O2/c20-15-16(21)18-19-17(15,11-13-7-3-1-4-8-13)12-14-9-5-2-6-10-14/h1-10,19H,11-12H2,(H,18,21). The highest BCUT2D eigenvalue weighted by atomic mass is 16.2. The monoisotopic (exact) mass is 280 g/mol. The minimum absolute atomic E-state index is 0.407. The number of hydrogen-bond donors (Lipinski definition) is 2. The second-order valence-electron chi connectivity index (χ2n) is 5.32. The van der Waals surface area contributed by atoms with Gasteiger partial charge in [0.1, 0.15) is 5.54 Å². The van der Waals surface area contributed by atoms with E-state index in [9.17, 15) is 9.59 Å². The van der Waals surface area contributed by atoms with Crippen LogP contribution in [0.15, 0.2) is 60.7 Å². The van der Waals surface area contributed by atoms with Crippen LogP contribution in [0.3, 0.4) is 0 Å². The van der Waals surface area contributed by atoms with Crippen LogP contribution in [0.5, 0.6) is 0 Å². The van der Waals surface area contributed by atoms with Crippen LogP contribution < -0.4 is 10.9 Å². The molecule has 0 radical (unpaired) electrons. The van der Waals surface area contributed by atoms with Gasteiger partial charge < -0.3 is 0 Å². The van der Waals surface area contributed by atoms with Gasteiger partial charge in [0.25, 0.3) is 0 Å². The van der Waals surface area contributed by atoms with E-state index in [-0.39, 0.29) is 0 Å². The first-order valence-corrected chi connectivity index (χ1v) is 6.89. The van der Waals surface area contributed by atoms with Crippen LogP contribution in [0.1, 0.15) is 11.1 Å². The van der Waals surface area contributed by atoms with Gasteiger partial charge in [0, 0.05) is 12.8 Å². The maximum absolute atomic E-state index is 12.4. The summed E-state index contributed by atoms with van der Waals surface area (Å²) in [7, 11) is 0. The zero-order valence-electron chi connectivity index (χ0n) is 11.5. The Morgan fingerprint density at radius 3 is 1.62 bits per heavy atom. The second-order valence-corrected chi connectivity index (χ2v) is 5.32. The number of ketones is 1. The Balaban J connectivity index is 1.92. The van der Waals surface area contributed by atoms with Crippen molar-refractivity contribution in [2.45, 2.75) is 18.4 Å². The topological polar surface area (TPSA) is 58.2 Å². The van der Waals surface area contributed by atoms with Crippen molar-refractivity contribution in [1.82, 2.24) is 10.9 Å². The van der Waals surface area contributed by atoms with E-state index < -0.39 is 17.2 Å². The van der Waals surface area contributed by atoms with Crippen LogP contribution in [0.2, 0.25) is 0 Å². The fourth-order valence-corrected chi connectivity index (χ4v) is 2.71. The van der Waals surface area contributed by atoms with Crippen LogP contribution >= 0.6 is 0 Å². The van der Waals surface area contributed by atoms with Gasteiger partial charge in [-0.2, -0.15) is 0 Å². The average Bonchev–Trinajstić information content (AvgIpc) is 2.78. The van der Waals surface area contributed by atoms with Gasteiger partial charge in [-0.05, 0) is 11.1 Å². The van der Waals surface area contributed by atoms with Crippen molar-refractivity contribution in [2.24, 2.45) is 0 Å². The van der Waals surface area contributed by atoms with Crippen molar-refractivity contribution < 1.29 is 9.59 Å². The van der Waals surface area contributed by atoms with Gasteiger partial charge in [-0.15, -0.1) is 0 Å². The van der Waals surface area contributed by atoms with E-state index in [2.05, 4.69) is 10.9 Å². The molecule has 0 aromatic heterocycles. The average molecular weight is 280 g/mol. The molecule has 1 saturated heterocycles. The molecule has 4 nitrogen and oxygen atoms in total. The first-order chi connectivity index (χ1) is 10.2. The first-order valence-electron chi connectivity index (χ1n) is 6.89. The fraction of sp³-hybridized carbons (Fsp3) is 0.176. The van der Waals surface area contributed by atoms with E-state index in [1.54, 1.807) is 0 Å². The van der Waals surface area contributed by atoms with E-state index >= 15 is 0 Å². The Morgan fingerprint density at radius 2 is 1.24 bits per heavy atom. The molecule has 0 unspecified atom stereocenters. The van der Waals surface area contributed by atoms with Crippen molar-refractivity contribution in [3.8, 4) is 0 Å². The van der Waals surface area contributed by atoms with E-state index in [4.69, 9.17) is 0 Å². The lowest BCUT2D eigenvalue weighted by molar-refractivity contribution is -0.137.